The van der Waals surface area contributed by atoms with Crippen LogP contribution in [0.2, 0.25) is 0 Å². The molecule has 46 valence electrons. The molecule has 6 aliphatic rings. The van der Waals surface area contributed by atoms with Crippen LogP contribution in [0.1, 0.15) is 0 Å². The molecule has 3 saturated carbocycles. The third-order valence-corrected chi connectivity index (χ3v) is 4.96. The van der Waals surface area contributed by atoms with Gasteiger partial charge >= 0.3 is 0 Å². The van der Waals surface area contributed by atoms with Crippen molar-refractivity contribution in [3.63, 3.8) is 0 Å². The predicted molar refractivity (Wildman–Crippen MR) is 30.3 cm³/mol. The predicted octanol–water partition coefficient (Wildman–Crippen LogP) is -0.787. The van der Waals surface area contributed by atoms with Crippen molar-refractivity contribution in [2.75, 3.05) is 0 Å². The number of hydrogen-bond acceptors (Lipinski definition) is 2. The third-order valence-electron chi connectivity index (χ3n) is 4.96. The lowest BCUT2D eigenvalue weighted by molar-refractivity contribution is -0.592. The molecule has 3 saturated heterocycles. The van der Waals surface area contributed by atoms with E-state index in [-0.39, 0.29) is 0 Å². The van der Waals surface area contributed by atoms with Gasteiger partial charge in [0.2, 0.25) is 0 Å². The van der Waals surface area contributed by atoms with Crippen LogP contribution in [0.15, 0.2) is 0 Å². The van der Waals surface area contributed by atoms with Gasteiger partial charge in [-0.3, -0.25) is 4.90 Å². The molecule has 9 heavy (non-hydrogen) atoms. The molecule has 0 aromatic rings. The van der Waals surface area contributed by atoms with Gasteiger partial charge < -0.3 is 5.73 Å². The Morgan fingerprint density at radius 1 is 1.11 bits per heavy atom. The Balaban J connectivity index is 1.93. The van der Waals surface area contributed by atoms with Crippen molar-refractivity contribution < 1.29 is 0 Å². The SMILES string of the molecule is NC12[C@@H]3C4C5[C@@H]3N1[C@@H]5[C@H]42. The number of rotatable bonds is 0. The quantitative estimate of drug-likeness (QED) is 0.454. The molecule has 0 aromatic carbocycles. The molecule has 2 heteroatoms. The number of hydrogen-bond donors (Lipinski definition) is 1. The van der Waals surface area contributed by atoms with E-state index in [1.54, 1.807) is 0 Å². The van der Waals surface area contributed by atoms with Crippen LogP contribution in [0, 0.1) is 23.7 Å². The molecule has 3 aliphatic carbocycles. The molecule has 0 bridgehead atoms. The molecule has 6 fully saturated rings. The van der Waals surface area contributed by atoms with E-state index in [0.29, 0.717) is 5.66 Å². The first-order valence-electron chi connectivity index (χ1n) is 3.94. The second kappa shape index (κ2) is 0.523. The number of nitrogens with zero attached hydrogens (tertiary/aromatic N) is 1. The lowest BCUT2D eigenvalue weighted by Gasteiger charge is -3.07. The summed E-state index contributed by atoms with van der Waals surface area (Å²) in [5.41, 5.74) is 6.41. The normalized spacial score (nSPS) is 99.7. The summed E-state index contributed by atoms with van der Waals surface area (Å²) in [4.78, 5) is 2.56. The fourth-order valence-electron chi connectivity index (χ4n) is 4.78. The van der Waals surface area contributed by atoms with Gasteiger partial charge in [0.25, 0.3) is 0 Å². The molecule has 0 amide bonds. The van der Waals surface area contributed by atoms with Crippen molar-refractivity contribution in [2.45, 2.75) is 17.7 Å². The molecule has 0 aromatic heterocycles. The fourth-order valence-corrected chi connectivity index (χ4v) is 4.78. The summed E-state index contributed by atoms with van der Waals surface area (Å²) in [6.07, 6.45) is 0. The largest absolute Gasteiger partial charge is 0.313 e. The van der Waals surface area contributed by atoms with E-state index in [2.05, 4.69) is 4.90 Å². The minimum absolute atomic E-state index is 0.300. The van der Waals surface area contributed by atoms with E-state index in [9.17, 15) is 0 Å². The molecule has 3 heterocycles. The number of nitrogens with two attached hydrogens (primary N) is 1. The summed E-state index contributed by atoms with van der Waals surface area (Å²) in [5.74, 6) is 4.26. The van der Waals surface area contributed by atoms with E-state index in [4.69, 9.17) is 5.73 Å². The summed E-state index contributed by atoms with van der Waals surface area (Å²) in [6, 6.07) is 2.02. The highest BCUT2D eigenvalue weighted by molar-refractivity contribution is 5.54. The summed E-state index contributed by atoms with van der Waals surface area (Å²) >= 11 is 0. The summed E-state index contributed by atoms with van der Waals surface area (Å²) in [6.45, 7) is 0. The Labute approximate surface area is 53.0 Å². The third kappa shape index (κ3) is 0.0955. The van der Waals surface area contributed by atoms with Crippen molar-refractivity contribution in [3.8, 4) is 0 Å². The van der Waals surface area contributed by atoms with Crippen LogP contribution in [-0.2, 0) is 0 Å². The van der Waals surface area contributed by atoms with Crippen LogP contribution >= 0.6 is 0 Å². The molecule has 0 spiro atoms. The lowest BCUT2D eigenvalue weighted by Crippen LogP contribution is -3.19. The molecular weight excluding hydrogens is 112 g/mol. The van der Waals surface area contributed by atoms with E-state index in [1.807, 2.05) is 0 Å². The Kier molecular flexibility index (Phi) is 0.195. The van der Waals surface area contributed by atoms with Crippen molar-refractivity contribution >= 4 is 0 Å². The smallest absolute Gasteiger partial charge is 0.0786 e. The van der Waals surface area contributed by atoms with Gasteiger partial charge in [-0.2, -0.15) is 0 Å². The summed E-state index contributed by atoms with van der Waals surface area (Å²) in [5, 5.41) is 0. The van der Waals surface area contributed by atoms with Gasteiger partial charge in [0, 0.05) is 23.9 Å². The van der Waals surface area contributed by atoms with E-state index in [0.717, 1.165) is 35.8 Å². The van der Waals surface area contributed by atoms with Gasteiger partial charge in [0.05, 0.1) is 5.66 Å². The van der Waals surface area contributed by atoms with E-state index < -0.39 is 0 Å². The maximum atomic E-state index is 6.11. The maximum Gasteiger partial charge on any atom is 0.0786 e. The highest BCUT2D eigenvalue weighted by Crippen LogP contribution is 2.93. The molecule has 2 N–H and O–H groups in total. The second-order valence-corrected chi connectivity index (χ2v) is 4.48. The Hall–Kier alpha value is -0.0800. The first kappa shape index (κ1) is 3.35. The van der Waals surface area contributed by atoms with Gasteiger partial charge in [-0.1, -0.05) is 0 Å². The standard InChI is InChI=1S/C7H8N2/c8-7-3-1-2-5(3)9(7)6(2)4(1)7/h1-6H,8H2/t1?,2?,3-,4+,5-,6-,7?/m0/s1. The maximum absolute atomic E-state index is 6.11. The van der Waals surface area contributed by atoms with Gasteiger partial charge in [0.15, 0.2) is 0 Å². The zero-order chi connectivity index (χ0) is 5.54. The highest BCUT2D eigenvalue weighted by atomic mass is 15.6. The van der Waals surface area contributed by atoms with Crippen LogP contribution in [0.25, 0.3) is 0 Å². The van der Waals surface area contributed by atoms with Crippen LogP contribution in [0.3, 0.4) is 0 Å². The Bertz CT molecular complexity index is 209. The zero-order valence-corrected chi connectivity index (χ0v) is 4.99. The van der Waals surface area contributed by atoms with Crippen molar-refractivity contribution in [3.05, 3.63) is 0 Å². The van der Waals surface area contributed by atoms with Gasteiger partial charge in [-0.05, 0) is 11.8 Å². The second-order valence-electron chi connectivity index (χ2n) is 4.48. The monoisotopic (exact) mass is 120 g/mol. The van der Waals surface area contributed by atoms with Gasteiger partial charge in [-0.15, -0.1) is 0 Å². The van der Waals surface area contributed by atoms with Gasteiger partial charge in [0.1, 0.15) is 0 Å². The molecule has 6 rings (SSSR count). The Morgan fingerprint density at radius 2 is 1.78 bits per heavy atom. The van der Waals surface area contributed by atoms with Crippen LogP contribution < -0.4 is 5.73 Å². The summed E-state index contributed by atoms with van der Waals surface area (Å²) < 4.78 is 0. The van der Waals surface area contributed by atoms with Crippen LogP contribution in [0.5, 0.6) is 0 Å². The van der Waals surface area contributed by atoms with Gasteiger partial charge in [-0.25, -0.2) is 0 Å². The molecule has 3 aliphatic heterocycles. The van der Waals surface area contributed by atoms with Crippen molar-refractivity contribution in [2.24, 2.45) is 29.4 Å². The first-order valence-corrected chi connectivity index (χ1v) is 3.94. The molecule has 3 unspecified atom stereocenters. The minimum Gasteiger partial charge on any atom is -0.313 e. The van der Waals surface area contributed by atoms with Crippen molar-refractivity contribution in [1.29, 1.82) is 0 Å². The topological polar surface area (TPSA) is 29.3 Å². The zero-order valence-electron chi connectivity index (χ0n) is 4.99. The minimum atomic E-state index is 0.300. The lowest BCUT2D eigenvalue weighted by atomic mass is 9.14. The molecular formula is C7H8N2. The van der Waals surface area contributed by atoms with Crippen molar-refractivity contribution in [1.82, 2.24) is 4.90 Å². The first-order chi connectivity index (χ1) is 4.37. The molecule has 2 nitrogen and oxygen atoms in total. The highest BCUT2D eigenvalue weighted by Gasteiger charge is 3.03. The van der Waals surface area contributed by atoms with Crippen LogP contribution in [-0.4, -0.2) is 22.6 Å². The fraction of sp³-hybridized carbons (Fsp3) is 1.00. The average Bonchev–Trinajstić information content (AvgIpc) is 1.88. The molecule has 7 atom stereocenters. The average molecular weight is 120 g/mol. The molecule has 0 radical (unpaired) electrons. The van der Waals surface area contributed by atoms with E-state index >= 15 is 0 Å². The van der Waals surface area contributed by atoms with Crippen LogP contribution in [0.4, 0.5) is 0 Å². The number of piperidine rings is 12. The van der Waals surface area contributed by atoms with E-state index in [1.165, 1.54) is 0 Å². The summed E-state index contributed by atoms with van der Waals surface area (Å²) in [7, 11) is 0. The Morgan fingerprint density at radius 3 is 2.00 bits per heavy atom.